The number of fused-ring (bicyclic) bond motifs is 4. The van der Waals surface area contributed by atoms with Crippen LogP contribution in [0.2, 0.25) is 0 Å². The number of pyridine rings is 2. The van der Waals surface area contributed by atoms with E-state index >= 15 is 0 Å². The lowest BCUT2D eigenvalue weighted by atomic mass is 10.1. The fourth-order valence-electron chi connectivity index (χ4n) is 3.56. The van der Waals surface area contributed by atoms with E-state index in [9.17, 15) is 22.8 Å². The number of hydrogen-bond acceptors (Lipinski definition) is 5. The Balaban J connectivity index is 1.63. The molecule has 2 aromatic heterocycles. The van der Waals surface area contributed by atoms with Gasteiger partial charge in [-0.15, -0.1) is 0 Å². The number of aromatic nitrogens is 2. The van der Waals surface area contributed by atoms with Crippen LogP contribution < -0.4 is 20.4 Å². The highest BCUT2D eigenvalue weighted by Gasteiger charge is 2.41. The van der Waals surface area contributed by atoms with E-state index in [0.717, 1.165) is 6.92 Å². The molecule has 158 valence electrons. The van der Waals surface area contributed by atoms with Crippen LogP contribution >= 0.6 is 0 Å². The molecule has 0 aromatic carbocycles. The molecule has 3 amide bonds. The SMILES string of the molecule is C[C@H](NC(=O)c1ccc2c(n1)N(C(=O)Nc1ccccn1)C1CCN2C1)C(F)(F)F. The average molecular weight is 420 g/mol. The van der Waals surface area contributed by atoms with Gasteiger partial charge < -0.3 is 10.2 Å². The van der Waals surface area contributed by atoms with Crippen molar-refractivity contribution in [3.8, 4) is 0 Å². The molecule has 8 nitrogen and oxygen atoms in total. The highest BCUT2D eigenvalue weighted by Crippen LogP contribution is 2.39. The largest absolute Gasteiger partial charge is 0.408 e. The molecule has 30 heavy (non-hydrogen) atoms. The maximum atomic E-state index is 13.0. The van der Waals surface area contributed by atoms with E-state index in [2.05, 4.69) is 15.3 Å². The summed E-state index contributed by atoms with van der Waals surface area (Å²) < 4.78 is 38.3. The van der Waals surface area contributed by atoms with Crippen molar-refractivity contribution in [3.05, 3.63) is 42.2 Å². The standard InChI is InChI=1S/C19H19F3N6O2/c1-11(19(20,21)22)24-17(29)13-5-6-14-16(25-13)28(12-7-9-27(14)10-12)18(30)26-15-4-2-3-8-23-15/h2-6,8,11-12H,7,9-10H2,1H3,(H,24,29)(H,23,26,30)/t11-,12?/m0/s1. The number of nitrogens with zero attached hydrogens (tertiary/aromatic N) is 4. The zero-order chi connectivity index (χ0) is 21.5. The first-order valence-corrected chi connectivity index (χ1v) is 9.39. The Bertz CT molecular complexity index is 968. The van der Waals surface area contributed by atoms with Gasteiger partial charge in [0.2, 0.25) is 0 Å². The summed E-state index contributed by atoms with van der Waals surface area (Å²) in [5.74, 6) is -0.359. The number of halogens is 3. The summed E-state index contributed by atoms with van der Waals surface area (Å²) in [5.41, 5.74) is 0.461. The van der Waals surface area contributed by atoms with Crippen molar-refractivity contribution in [3.63, 3.8) is 0 Å². The number of nitrogens with one attached hydrogen (secondary N) is 2. The first kappa shape index (κ1) is 19.9. The van der Waals surface area contributed by atoms with Crippen LogP contribution in [0.3, 0.4) is 0 Å². The lowest BCUT2D eigenvalue weighted by Crippen LogP contribution is -2.49. The minimum atomic E-state index is -4.57. The third kappa shape index (κ3) is 3.74. The summed E-state index contributed by atoms with van der Waals surface area (Å²) >= 11 is 0. The molecule has 1 unspecified atom stereocenters. The van der Waals surface area contributed by atoms with Crippen molar-refractivity contribution in [2.24, 2.45) is 0 Å². The molecule has 2 bridgehead atoms. The average Bonchev–Trinajstić information content (AvgIpc) is 3.12. The Hall–Kier alpha value is -3.37. The van der Waals surface area contributed by atoms with Crippen LogP contribution in [0.15, 0.2) is 36.5 Å². The minimum Gasteiger partial charge on any atom is -0.366 e. The van der Waals surface area contributed by atoms with Crippen LogP contribution in [0, 0.1) is 0 Å². The van der Waals surface area contributed by atoms with Gasteiger partial charge in [0.15, 0.2) is 5.82 Å². The van der Waals surface area contributed by atoms with E-state index in [1.165, 1.54) is 11.0 Å². The summed E-state index contributed by atoms with van der Waals surface area (Å²) in [4.78, 5) is 37.1. The van der Waals surface area contributed by atoms with Gasteiger partial charge >= 0.3 is 12.2 Å². The van der Waals surface area contributed by atoms with Crippen molar-refractivity contribution in [1.29, 1.82) is 0 Å². The molecule has 11 heteroatoms. The molecular formula is C19H19F3N6O2. The molecule has 0 aliphatic carbocycles. The Morgan fingerprint density at radius 2 is 2.03 bits per heavy atom. The van der Waals surface area contributed by atoms with Crippen molar-refractivity contribution in [1.82, 2.24) is 15.3 Å². The predicted octanol–water partition coefficient (Wildman–Crippen LogP) is 2.79. The second kappa shape index (κ2) is 7.47. The van der Waals surface area contributed by atoms with Gasteiger partial charge in [-0.05, 0) is 37.6 Å². The molecule has 2 aliphatic rings. The molecule has 4 heterocycles. The van der Waals surface area contributed by atoms with Gasteiger partial charge in [-0.2, -0.15) is 13.2 Å². The summed E-state index contributed by atoms with van der Waals surface area (Å²) in [6.07, 6.45) is -2.32. The van der Waals surface area contributed by atoms with E-state index in [0.29, 0.717) is 31.0 Å². The van der Waals surface area contributed by atoms with Crippen LogP contribution in [-0.2, 0) is 0 Å². The van der Waals surface area contributed by atoms with Gasteiger partial charge in [0, 0.05) is 19.3 Å². The summed E-state index contributed by atoms with van der Waals surface area (Å²) in [6, 6.07) is 5.41. The maximum absolute atomic E-state index is 13.0. The number of carbonyl (C=O) groups is 2. The van der Waals surface area contributed by atoms with Crippen LogP contribution in [-0.4, -0.2) is 53.3 Å². The molecule has 2 atom stereocenters. The number of anilines is 3. The van der Waals surface area contributed by atoms with Gasteiger partial charge in [-0.25, -0.2) is 14.8 Å². The Morgan fingerprint density at radius 3 is 2.73 bits per heavy atom. The monoisotopic (exact) mass is 420 g/mol. The normalized spacial score (nSPS) is 18.6. The molecular weight excluding hydrogens is 401 g/mol. The van der Waals surface area contributed by atoms with E-state index in [1.54, 1.807) is 30.5 Å². The fraction of sp³-hybridized carbons (Fsp3) is 0.368. The summed E-state index contributed by atoms with van der Waals surface area (Å²) in [5, 5.41) is 4.60. The predicted molar refractivity (Wildman–Crippen MR) is 104 cm³/mol. The van der Waals surface area contributed by atoms with Crippen LogP contribution in [0.4, 0.5) is 35.3 Å². The Morgan fingerprint density at radius 1 is 1.23 bits per heavy atom. The van der Waals surface area contributed by atoms with Gasteiger partial charge in [0.05, 0.1) is 11.7 Å². The molecule has 4 rings (SSSR count). The highest BCUT2D eigenvalue weighted by molar-refractivity contribution is 6.05. The van der Waals surface area contributed by atoms with Gasteiger partial charge in [-0.3, -0.25) is 15.0 Å². The van der Waals surface area contributed by atoms with Crippen LogP contribution in [0.5, 0.6) is 0 Å². The maximum Gasteiger partial charge on any atom is 0.408 e. The molecule has 1 saturated heterocycles. The summed E-state index contributed by atoms with van der Waals surface area (Å²) in [6.45, 7) is 2.18. The third-order valence-electron chi connectivity index (χ3n) is 5.14. The first-order valence-electron chi connectivity index (χ1n) is 9.39. The number of urea groups is 1. The molecule has 0 spiro atoms. The molecule has 1 fully saturated rings. The Labute approximate surface area is 170 Å². The number of amides is 3. The zero-order valence-electron chi connectivity index (χ0n) is 16.0. The van der Waals surface area contributed by atoms with Gasteiger partial charge in [-0.1, -0.05) is 6.07 Å². The highest BCUT2D eigenvalue weighted by atomic mass is 19.4. The zero-order valence-corrected chi connectivity index (χ0v) is 16.0. The Kier molecular flexibility index (Phi) is 4.96. The minimum absolute atomic E-state index is 0.166. The number of hydrogen-bond donors (Lipinski definition) is 2. The smallest absolute Gasteiger partial charge is 0.366 e. The van der Waals surface area contributed by atoms with Crippen molar-refractivity contribution >= 4 is 29.3 Å². The number of alkyl halides is 3. The second-order valence-corrected chi connectivity index (χ2v) is 7.18. The topological polar surface area (TPSA) is 90.5 Å². The van der Waals surface area contributed by atoms with Crippen molar-refractivity contribution < 1.29 is 22.8 Å². The molecule has 2 N–H and O–H groups in total. The molecule has 2 aromatic rings. The summed E-state index contributed by atoms with van der Waals surface area (Å²) in [7, 11) is 0. The van der Waals surface area contributed by atoms with Gasteiger partial charge in [0.25, 0.3) is 5.91 Å². The lowest BCUT2D eigenvalue weighted by molar-refractivity contribution is -0.149. The van der Waals surface area contributed by atoms with Gasteiger partial charge in [0.1, 0.15) is 17.6 Å². The first-order chi connectivity index (χ1) is 14.2. The number of carbonyl (C=O) groups excluding carboxylic acids is 2. The van der Waals surface area contributed by atoms with E-state index < -0.39 is 24.2 Å². The molecule has 0 radical (unpaired) electrons. The van der Waals surface area contributed by atoms with E-state index in [4.69, 9.17) is 0 Å². The molecule has 0 saturated carbocycles. The fourth-order valence-corrected chi connectivity index (χ4v) is 3.56. The third-order valence-corrected chi connectivity index (χ3v) is 5.14. The van der Waals surface area contributed by atoms with Crippen molar-refractivity contribution in [2.75, 3.05) is 28.2 Å². The second-order valence-electron chi connectivity index (χ2n) is 7.18. The quantitative estimate of drug-likeness (QED) is 0.797. The lowest BCUT2D eigenvalue weighted by Gasteiger charge is -2.35. The van der Waals surface area contributed by atoms with E-state index in [1.807, 2.05) is 10.2 Å². The number of rotatable bonds is 3. The molecule has 2 aliphatic heterocycles. The van der Waals surface area contributed by atoms with Crippen molar-refractivity contribution in [2.45, 2.75) is 31.6 Å². The van der Waals surface area contributed by atoms with Crippen LogP contribution in [0.25, 0.3) is 0 Å². The van der Waals surface area contributed by atoms with E-state index in [-0.39, 0.29) is 17.6 Å². The van der Waals surface area contributed by atoms with Crippen LogP contribution in [0.1, 0.15) is 23.8 Å².